The van der Waals surface area contributed by atoms with Crippen molar-refractivity contribution < 1.29 is 5.11 Å². The third-order valence-corrected chi connectivity index (χ3v) is 4.08. The van der Waals surface area contributed by atoms with Crippen LogP contribution in [0.15, 0.2) is 24.3 Å². The van der Waals surface area contributed by atoms with Gasteiger partial charge in [0.2, 0.25) is 0 Å². The molecule has 13 heavy (non-hydrogen) atoms. The summed E-state index contributed by atoms with van der Waals surface area (Å²) < 4.78 is 0. The Hall–Kier alpha value is -0.560. The number of rotatable bonds is 0. The van der Waals surface area contributed by atoms with Gasteiger partial charge in [-0.15, -0.1) is 0 Å². The Morgan fingerprint density at radius 1 is 1.08 bits per heavy atom. The Labute approximate surface area is 79.2 Å². The van der Waals surface area contributed by atoms with Gasteiger partial charge in [-0.2, -0.15) is 0 Å². The normalized spacial score (nSPS) is 52.2. The molecule has 3 rings (SSSR count). The zero-order valence-corrected chi connectivity index (χ0v) is 7.76. The Morgan fingerprint density at radius 2 is 1.92 bits per heavy atom. The van der Waals surface area contributed by atoms with E-state index in [2.05, 4.69) is 18.2 Å². The first kappa shape index (κ1) is 7.81. The van der Waals surface area contributed by atoms with E-state index >= 15 is 0 Å². The number of aliphatic hydroxyl groups excluding tert-OH is 1. The predicted octanol–water partition coefficient (Wildman–Crippen LogP) is 2.14. The third-order valence-electron chi connectivity index (χ3n) is 4.08. The number of aliphatic hydroxyl groups is 1. The van der Waals surface area contributed by atoms with Gasteiger partial charge in [-0.25, -0.2) is 0 Å². The lowest BCUT2D eigenvalue weighted by molar-refractivity contribution is 0.103. The van der Waals surface area contributed by atoms with Crippen molar-refractivity contribution in [3.05, 3.63) is 24.3 Å². The van der Waals surface area contributed by atoms with E-state index in [1.165, 1.54) is 12.8 Å². The van der Waals surface area contributed by atoms with Gasteiger partial charge in [0.1, 0.15) is 0 Å². The maximum Gasteiger partial charge on any atom is 0.0757 e. The number of hydrogen-bond acceptors (Lipinski definition) is 1. The van der Waals surface area contributed by atoms with Gasteiger partial charge in [-0.05, 0) is 42.9 Å². The number of fused-ring (bicyclic) bond motifs is 5. The second-order valence-electron chi connectivity index (χ2n) is 4.69. The average Bonchev–Trinajstić information content (AvgIpc) is 2.66. The topological polar surface area (TPSA) is 20.2 Å². The van der Waals surface area contributed by atoms with Crippen molar-refractivity contribution in [2.24, 2.45) is 23.7 Å². The lowest BCUT2D eigenvalue weighted by Crippen LogP contribution is -2.28. The number of allylic oxidation sites excluding steroid dienone is 3. The van der Waals surface area contributed by atoms with Crippen LogP contribution in [0.2, 0.25) is 0 Å². The second kappa shape index (κ2) is 2.71. The lowest BCUT2D eigenvalue weighted by Gasteiger charge is -2.28. The molecule has 1 fully saturated rings. The molecule has 3 aliphatic rings. The van der Waals surface area contributed by atoms with Crippen molar-refractivity contribution in [1.29, 1.82) is 0 Å². The zero-order valence-electron chi connectivity index (χ0n) is 7.76. The van der Waals surface area contributed by atoms with E-state index in [-0.39, 0.29) is 6.10 Å². The first-order valence-electron chi connectivity index (χ1n) is 5.39. The highest BCUT2D eigenvalue weighted by Gasteiger charge is 2.46. The largest absolute Gasteiger partial charge is 0.389 e. The lowest BCUT2D eigenvalue weighted by atomic mass is 9.78. The molecule has 70 valence electrons. The quantitative estimate of drug-likeness (QED) is 0.561. The molecule has 2 bridgehead atoms. The minimum Gasteiger partial charge on any atom is -0.389 e. The molecular formula is C12H16O. The van der Waals surface area contributed by atoms with Crippen molar-refractivity contribution in [3.63, 3.8) is 0 Å². The summed E-state index contributed by atoms with van der Waals surface area (Å²) in [5.41, 5.74) is 0. The van der Waals surface area contributed by atoms with E-state index in [0.29, 0.717) is 11.8 Å². The summed E-state index contributed by atoms with van der Waals surface area (Å²) in [6.07, 6.45) is 12.5. The molecule has 3 aliphatic carbocycles. The summed E-state index contributed by atoms with van der Waals surface area (Å²) in [4.78, 5) is 0. The van der Waals surface area contributed by atoms with Crippen molar-refractivity contribution in [1.82, 2.24) is 0 Å². The molecule has 1 heteroatoms. The summed E-state index contributed by atoms with van der Waals surface area (Å²) >= 11 is 0. The minimum absolute atomic E-state index is 0.174. The SMILES string of the molecule is O[C@@H]1C=CCC[C@@H]2[C@H]1[C@@H]1C=C[C@H]2C1. The van der Waals surface area contributed by atoms with Gasteiger partial charge in [0.05, 0.1) is 6.10 Å². The van der Waals surface area contributed by atoms with E-state index in [1.807, 2.05) is 6.08 Å². The monoisotopic (exact) mass is 176 g/mol. The Kier molecular flexibility index (Phi) is 1.63. The fourth-order valence-electron chi connectivity index (χ4n) is 3.53. The summed E-state index contributed by atoms with van der Waals surface area (Å²) in [6, 6.07) is 0. The van der Waals surface area contributed by atoms with Crippen molar-refractivity contribution >= 4 is 0 Å². The van der Waals surface area contributed by atoms with E-state index < -0.39 is 0 Å². The molecule has 0 spiro atoms. The molecule has 0 radical (unpaired) electrons. The average molecular weight is 176 g/mol. The molecule has 0 aromatic carbocycles. The van der Waals surface area contributed by atoms with Gasteiger partial charge < -0.3 is 5.11 Å². The highest BCUT2D eigenvalue weighted by atomic mass is 16.3. The minimum atomic E-state index is -0.174. The van der Waals surface area contributed by atoms with E-state index in [9.17, 15) is 5.11 Å². The number of hydrogen-bond donors (Lipinski definition) is 1. The highest BCUT2D eigenvalue weighted by molar-refractivity contribution is 5.17. The second-order valence-corrected chi connectivity index (χ2v) is 4.69. The maximum atomic E-state index is 9.96. The summed E-state index contributed by atoms with van der Waals surface area (Å²) in [5.74, 6) is 2.76. The van der Waals surface area contributed by atoms with Crippen molar-refractivity contribution in [2.45, 2.75) is 25.4 Å². The van der Waals surface area contributed by atoms with Crippen LogP contribution in [0.5, 0.6) is 0 Å². The molecule has 0 aliphatic heterocycles. The zero-order chi connectivity index (χ0) is 8.84. The smallest absolute Gasteiger partial charge is 0.0757 e. The van der Waals surface area contributed by atoms with Crippen LogP contribution >= 0.6 is 0 Å². The fraction of sp³-hybridized carbons (Fsp3) is 0.667. The van der Waals surface area contributed by atoms with Crippen LogP contribution in [-0.4, -0.2) is 11.2 Å². The van der Waals surface area contributed by atoms with E-state index in [4.69, 9.17) is 0 Å². The first-order valence-corrected chi connectivity index (χ1v) is 5.39. The Bertz CT molecular complexity index is 266. The van der Waals surface area contributed by atoms with Gasteiger partial charge in [-0.3, -0.25) is 0 Å². The Morgan fingerprint density at radius 3 is 2.85 bits per heavy atom. The molecule has 0 amide bonds. The van der Waals surface area contributed by atoms with Gasteiger partial charge in [0.15, 0.2) is 0 Å². The van der Waals surface area contributed by atoms with Crippen LogP contribution in [0.1, 0.15) is 19.3 Å². The summed E-state index contributed by atoms with van der Waals surface area (Å²) in [5, 5.41) is 9.96. The fourth-order valence-corrected chi connectivity index (χ4v) is 3.53. The highest BCUT2D eigenvalue weighted by Crippen LogP contribution is 2.52. The van der Waals surface area contributed by atoms with Crippen LogP contribution in [-0.2, 0) is 0 Å². The van der Waals surface area contributed by atoms with Crippen molar-refractivity contribution in [2.75, 3.05) is 0 Å². The van der Waals surface area contributed by atoms with Crippen LogP contribution < -0.4 is 0 Å². The molecule has 0 saturated heterocycles. The van der Waals surface area contributed by atoms with E-state index in [1.54, 1.807) is 0 Å². The van der Waals surface area contributed by atoms with Gasteiger partial charge in [0, 0.05) is 0 Å². The summed E-state index contributed by atoms with van der Waals surface area (Å²) in [7, 11) is 0. The first-order chi connectivity index (χ1) is 6.36. The van der Waals surface area contributed by atoms with E-state index in [0.717, 1.165) is 18.3 Å². The van der Waals surface area contributed by atoms with Crippen LogP contribution in [0, 0.1) is 23.7 Å². The van der Waals surface area contributed by atoms with Crippen molar-refractivity contribution in [3.8, 4) is 0 Å². The molecule has 0 unspecified atom stereocenters. The van der Waals surface area contributed by atoms with Crippen LogP contribution in [0.25, 0.3) is 0 Å². The molecule has 0 aromatic heterocycles. The predicted molar refractivity (Wildman–Crippen MR) is 52.1 cm³/mol. The van der Waals surface area contributed by atoms with Gasteiger partial charge in [-0.1, -0.05) is 24.3 Å². The van der Waals surface area contributed by atoms with Gasteiger partial charge in [0.25, 0.3) is 0 Å². The third kappa shape index (κ3) is 1.03. The Balaban J connectivity index is 1.94. The van der Waals surface area contributed by atoms with Crippen LogP contribution in [0.4, 0.5) is 0 Å². The standard InChI is InChI=1S/C12H16O/c13-11-4-2-1-3-10-8-5-6-9(7-8)12(10)11/h2,4-6,8-13H,1,3,7H2/t8-,9+,10-,11+,12+/m0/s1. The molecular weight excluding hydrogens is 160 g/mol. The molecule has 1 N–H and O–H groups in total. The maximum absolute atomic E-state index is 9.96. The molecule has 1 saturated carbocycles. The molecule has 5 atom stereocenters. The molecule has 0 aromatic rings. The summed E-state index contributed by atoms with van der Waals surface area (Å²) in [6.45, 7) is 0. The van der Waals surface area contributed by atoms with Gasteiger partial charge >= 0.3 is 0 Å². The van der Waals surface area contributed by atoms with Crippen LogP contribution in [0.3, 0.4) is 0 Å². The molecule has 1 nitrogen and oxygen atoms in total. The molecule has 0 heterocycles.